The number of rotatable bonds is 6. The number of Topliss-reactive ketones (excluding diaryl/α,β-unsaturated/α-hetero) is 1. The van der Waals surface area contributed by atoms with E-state index in [0.717, 1.165) is 37.7 Å². The van der Waals surface area contributed by atoms with E-state index in [-0.39, 0.29) is 17.2 Å². The molecule has 5 rings (SSSR count). The summed E-state index contributed by atoms with van der Waals surface area (Å²) in [6, 6.07) is 15.9. The molecule has 0 saturated heterocycles. The molecular weight excluding hydrogens is 437 g/mol. The zero-order chi connectivity index (χ0) is 24.7. The lowest BCUT2D eigenvalue weighted by Gasteiger charge is -2.50. The van der Waals surface area contributed by atoms with Crippen molar-refractivity contribution in [2.24, 2.45) is 23.2 Å². The van der Waals surface area contributed by atoms with Crippen LogP contribution in [-0.4, -0.2) is 40.8 Å². The van der Waals surface area contributed by atoms with Gasteiger partial charge in [-0.15, -0.1) is 0 Å². The molecule has 2 fully saturated rings. The maximum atomic E-state index is 13.2. The topological polar surface area (TPSA) is 77.8 Å². The summed E-state index contributed by atoms with van der Waals surface area (Å²) in [6.45, 7) is 2.79. The number of hydrogen-bond donors (Lipinski definition) is 2. The van der Waals surface area contributed by atoms with E-state index in [1.165, 1.54) is 11.1 Å². The summed E-state index contributed by atoms with van der Waals surface area (Å²) in [6.07, 6.45) is 5.69. The molecule has 0 aliphatic heterocycles. The smallest absolute Gasteiger partial charge is 0.423 e. The van der Waals surface area contributed by atoms with Gasteiger partial charge in [-0.3, -0.25) is 9.59 Å². The minimum atomic E-state index is -1.44. The highest BCUT2D eigenvalue weighted by atomic mass is 16.4. The molecule has 2 aromatic rings. The van der Waals surface area contributed by atoms with Crippen LogP contribution in [0.3, 0.4) is 0 Å². The molecule has 2 aromatic carbocycles. The summed E-state index contributed by atoms with van der Waals surface area (Å²) in [5.41, 5.74) is 3.95. The van der Waals surface area contributed by atoms with Gasteiger partial charge in [-0.25, -0.2) is 0 Å². The number of amides is 1. The lowest BCUT2D eigenvalue weighted by molar-refractivity contribution is -0.131. The monoisotopic (exact) mass is 473 g/mol. The van der Waals surface area contributed by atoms with Gasteiger partial charge in [-0.1, -0.05) is 55.5 Å². The van der Waals surface area contributed by atoms with E-state index in [4.69, 9.17) is 0 Å². The molecule has 3 unspecified atom stereocenters. The molecule has 2 N–H and O–H groups in total. The second-order valence-corrected chi connectivity index (χ2v) is 11.3. The molecule has 0 bridgehead atoms. The Balaban J connectivity index is 1.31. The first-order chi connectivity index (χ1) is 16.8. The molecule has 5 nitrogen and oxygen atoms in total. The van der Waals surface area contributed by atoms with Gasteiger partial charge >= 0.3 is 7.12 Å². The highest BCUT2D eigenvalue weighted by Crippen LogP contribution is 2.62. The third-order valence-corrected chi connectivity index (χ3v) is 9.31. The average molecular weight is 473 g/mol. The van der Waals surface area contributed by atoms with Crippen molar-refractivity contribution in [1.82, 2.24) is 4.90 Å². The highest BCUT2D eigenvalue weighted by Gasteiger charge is 2.58. The Morgan fingerprint density at radius 3 is 2.66 bits per heavy atom. The highest BCUT2D eigenvalue weighted by molar-refractivity contribution is 6.58. The second kappa shape index (κ2) is 9.55. The normalized spacial score (nSPS) is 29.2. The quantitative estimate of drug-likeness (QED) is 0.631. The van der Waals surface area contributed by atoms with Gasteiger partial charge in [0.1, 0.15) is 5.78 Å². The fourth-order valence-corrected chi connectivity index (χ4v) is 7.53. The maximum Gasteiger partial charge on any atom is 0.488 e. The Labute approximate surface area is 208 Å². The van der Waals surface area contributed by atoms with Crippen LogP contribution in [0.25, 0.3) is 0 Å². The lowest BCUT2D eigenvalue weighted by atomic mass is 9.53. The largest absolute Gasteiger partial charge is 0.488 e. The first-order valence-electron chi connectivity index (χ1n) is 13.1. The molecule has 2 saturated carbocycles. The van der Waals surface area contributed by atoms with E-state index in [9.17, 15) is 19.6 Å². The van der Waals surface area contributed by atoms with Crippen molar-refractivity contribution >= 4 is 24.3 Å². The van der Waals surface area contributed by atoms with Crippen LogP contribution in [0.1, 0.15) is 68.1 Å². The van der Waals surface area contributed by atoms with Crippen LogP contribution in [0.4, 0.5) is 0 Å². The summed E-state index contributed by atoms with van der Waals surface area (Å²) in [5.74, 6) is 1.96. The third-order valence-electron chi connectivity index (χ3n) is 9.31. The number of carbonyl (C=O) groups is 2. The molecule has 184 valence electrons. The van der Waals surface area contributed by atoms with Gasteiger partial charge in [0.25, 0.3) is 0 Å². The van der Waals surface area contributed by atoms with Gasteiger partial charge in [0.2, 0.25) is 5.91 Å². The minimum absolute atomic E-state index is 0.145. The SMILES string of the molecule is CN(Cc1ccccc1)C(=O)CC[C@@H]1CC(=O)[C@@]2(C)CCC3c4ccc(B(O)O)cc4CCC3C12. The van der Waals surface area contributed by atoms with Crippen molar-refractivity contribution in [3.63, 3.8) is 0 Å². The van der Waals surface area contributed by atoms with E-state index < -0.39 is 7.12 Å². The molecule has 0 spiro atoms. The van der Waals surface area contributed by atoms with E-state index in [1.807, 2.05) is 49.5 Å². The van der Waals surface area contributed by atoms with Crippen molar-refractivity contribution in [2.75, 3.05) is 7.05 Å². The summed E-state index contributed by atoms with van der Waals surface area (Å²) < 4.78 is 0. The van der Waals surface area contributed by atoms with Gasteiger partial charge in [-0.05, 0) is 77.9 Å². The van der Waals surface area contributed by atoms with Crippen molar-refractivity contribution in [2.45, 2.75) is 64.3 Å². The number of aryl methyl sites for hydroxylation is 1. The average Bonchev–Trinajstić information content (AvgIpc) is 3.12. The van der Waals surface area contributed by atoms with Crippen LogP contribution >= 0.6 is 0 Å². The van der Waals surface area contributed by atoms with Crippen molar-refractivity contribution in [3.05, 3.63) is 65.2 Å². The van der Waals surface area contributed by atoms with E-state index >= 15 is 0 Å². The van der Waals surface area contributed by atoms with Gasteiger partial charge in [0.05, 0.1) is 0 Å². The van der Waals surface area contributed by atoms with Gasteiger partial charge in [-0.2, -0.15) is 0 Å². The van der Waals surface area contributed by atoms with Crippen LogP contribution in [0.2, 0.25) is 0 Å². The second-order valence-electron chi connectivity index (χ2n) is 11.3. The molecule has 0 aromatic heterocycles. The van der Waals surface area contributed by atoms with Crippen molar-refractivity contribution in [1.29, 1.82) is 0 Å². The van der Waals surface area contributed by atoms with Crippen molar-refractivity contribution < 1.29 is 19.6 Å². The van der Waals surface area contributed by atoms with Crippen LogP contribution in [-0.2, 0) is 22.6 Å². The minimum Gasteiger partial charge on any atom is -0.423 e. The van der Waals surface area contributed by atoms with Gasteiger partial charge in [0.15, 0.2) is 0 Å². The summed E-state index contributed by atoms with van der Waals surface area (Å²) >= 11 is 0. The van der Waals surface area contributed by atoms with E-state index in [1.54, 1.807) is 4.90 Å². The Bertz CT molecular complexity index is 1100. The molecule has 5 atom stereocenters. The maximum absolute atomic E-state index is 13.2. The predicted octanol–water partition coefficient (Wildman–Crippen LogP) is 3.46. The first-order valence-corrected chi connectivity index (χ1v) is 13.1. The molecule has 3 aliphatic carbocycles. The van der Waals surface area contributed by atoms with Crippen LogP contribution in [0.15, 0.2) is 48.5 Å². The number of nitrogens with zero attached hydrogens (tertiary/aromatic N) is 1. The molecule has 1 amide bonds. The molecule has 35 heavy (non-hydrogen) atoms. The Kier molecular flexibility index (Phi) is 6.62. The Morgan fingerprint density at radius 1 is 1.14 bits per heavy atom. The fourth-order valence-electron chi connectivity index (χ4n) is 7.53. The Morgan fingerprint density at radius 2 is 1.91 bits per heavy atom. The lowest BCUT2D eigenvalue weighted by Crippen LogP contribution is -2.44. The zero-order valence-electron chi connectivity index (χ0n) is 20.8. The van der Waals surface area contributed by atoms with Gasteiger partial charge < -0.3 is 14.9 Å². The molecular formula is C29H36BNO4. The van der Waals surface area contributed by atoms with E-state index in [0.29, 0.717) is 48.4 Å². The standard InChI is InChI=1S/C29H36BNO4/c1-29-15-14-24-23-12-10-22(30(34)35)16-20(23)8-11-25(24)28(29)21(17-26(29)32)9-13-27(33)31(2)18-19-6-4-3-5-7-19/h3-7,10,12,16,21,24-25,28,34-35H,8-9,11,13-15,17-18H2,1-2H3/t21-,24?,25?,28?,29-/m1/s1. The zero-order valence-corrected chi connectivity index (χ0v) is 20.8. The van der Waals surface area contributed by atoms with Gasteiger partial charge in [0, 0.05) is 31.8 Å². The molecule has 6 heteroatoms. The third kappa shape index (κ3) is 4.47. The van der Waals surface area contributed by atoms with Crippen LogP contribution in [0.5, 0.6) is 0 Å². The number of fused-ring (bicyclic) bond motifs is 5. The predicted molar refractivity (Wildman–Crippen MR) is 137 cm³/mol. The van der Waals surface area contributed by atoms with Crippen LogP contribution < -0.4 is 5.46 Å². The molecule has 3 aliphatic rings. The first kappa shape index (κ1) is 24.3. The summed E-state index contributed by atoms with van der Waals surface area (Å²) in [4.78, 5) is 28.0. The van der Waals surface area contributed by atoms with E-state index in [2.05, 4.69) is 13.0 Å². The summed E-state index contributed by atoms with van der Waals surface area (Å²) in [5, 5.41) is 19.2. The number of benzene rings is 2. The fraction of sp³-hybridized carbons (Fsp3) is 0.517. The number of carbonyl (C=O) groups excluding carboxylic acids is 2. The summed E-state index contributed by atoms with van der Waals surface area (Å²) in [7, 11) is 0.424. The number of ketones is 1. The molecule has 0 heterocycles. The number of hydrogen-bond acceptors (Lipinski definition) is 4. The van der Waals surface area contributed by atoms with Crippen molar-refractivity contribution in [3.8, 4) is 0 Å². The molecule has 0 radical (unpaired) electrons. The Hall–Kier alpha value is -2.44. The van der Waals surface area contributed by atoms with Crippen LogP contribution in [0, 0.1) is 23.2 Å².